The highest BCUT2D eigenvalue weighted by molar-refractivity contribution is 5.20. The molecule has 3 nitrogen and oxygen atoms in total. The van der Waals surface area contributed by atoms with E-state index < -0.39 is 0 Å². The van der Waals surface area contributed by atoms with Crippen LogP contribution >= 0.6 is 0 Å². The van der Waals surface area contributed by atoms with Crippen molar-refractivity contribution in [3.8, 4) is 5.75 Å². The van der Waals surface area contributed by atoms with Gasteiger partial charge in [0, 0.05) is 13.1 Å². The van der Waals surface area contributed by atoms with Gasteiger partial charge in [-0.15, -0.1) is 0 Å². The van der Waals surface area contributed by atoms with Crippen LogP contribution in [-0.4, -0.2) is 44.2 Å². The first kappa shape index (κ1) is 15.3. The van der Waals surface area contributed by atoms with Crippen LogP contribution in [0.1, 0.15) is 26.2 Å². The van der Waals surface area contributed by atoms with Gasteiger partial charge in [-0.3, -0.25) is 0 Å². The number of nitrogens with one attached hydrogen (secondary N) is 1. The molecule has 1 unspecified atom stereocenters. The largest absolute Gasteiger partial charge is 0.494 e. The summed E-state index contributed by atoms with van der Waals surface area (Å²) in [5.74, 6) is 1.81. The lowest BCUT2D eigenvalue weighted by Gasteiger charge is -2.32. The highest BCUT2D eigenvalue weighted by Crippen LogP contribution is 2.16. The van der Waals surface area contributed by atoms with Gasteiger partial charge >= 0.3 is 0 Å². The fourth-order valence-corrected chi connectivity index (χ4v) is 2.86. The average Bonchev–Trinajstić information content (AvgIpc) is 2.51. The van der Waals surface area contributed by atoms with Crippen LogP contribution < -0.4 is 10.1 Å². The van der Waals surface area contributed by atoms with E-state index in [1.165, 1.54) is 32.5 Å². The molecule has 1 aliphatic heterocycles. The summed E-state index contributed by atoms with van der Waals surface area (Å²) < 4.78 is 5.75. The Balaban J connectivity index is 1.59. The van der Waals surface area contributed by atoms with Crippen LogP contribution in [0.4, 0.5) is 0 Å². The van der Waals surface area contributed by atoms with Gasteiger partial charge in [0.1, 0.15) is 5.75 Å². The molecule has 0 aromatic heterocycles. The van der Waals surface area contributed by atoms with Crippen molar-refractivity contribution in [2.24, 2.45) is 5.92 Å². The SMILES string of the molecule is CCNCC1CCCN(CCCOc2ccccc2)C1. The number of rotatable bonds is 8. The van der Waals surface area contributed by atoms with Crippen molar-refractivity contribution in [3.05, 3.63) is 30.3 Å². The number of hydrogen-bond donors (Lipinski definition) is 1. The molecule has 1 N–H and O–H groups in total. The second kappa shape index (κ2) is 8.98. The maximum absolute atomic E-state index is 5.75. The molecule has 0 radical (unpaired) electrons. The molecular weight excluding hydrogens is 248 g/mol. The molecule has 0 spiro atoms. The Morgan fingerprint density at radius 3 is 2.95 bits per heavy atom. The number of hydrogen-bond acceptors (Lipinski definition) is 3. The van der Waals surface area contributed by atoms with Crippen LogP contribution in [0.2, 0.25) is 0 Å². The van der Waals surface area contributed by atoms with Gasteiger partial charge in [0.05, 0.1) is 6.61 Å². The van der Waals surface area contributed by atoms with E-state index in [1.807, 2.05) is 30.3 Å². The van der Waals surface area contributed by atoms with Gasteiger partial charge in [-0.2, -0.15) is 0 Å². The molecule has 2 rings (SSSR count). The Labute approximate surface area is 123 Å². The smallest absolute Gasteiger partial charge is 0.119 e. The van der Waals surface area contributed by atoms with Crippen molar-refractivity contribution in [1.29, 1.82) is 0 Å². The molecule has 20 heavy (non-hydrogen) atoms. The molecule has 0 amide bonds. The molecule has 1 aromatic carbocycles. The minimum Gasteiger partial charge on any atom is -0.494 e. The Bertz CT molecular complexity index is 355. The highest BCUT2D eigenvalue weighted by Gasteiger charge is 2.18. The Hall–Kier alpha value is -1.06. The van der Waals surface area contributed by atoms with Gasteiger partial charge in [-0.05, 0) is 56.9 Å². The minimum atomic E-state index is 0.818. The Morgan fingerprint density at radius 1 is 1.30 bits per heavy atom. The third-order valence-electron chi connectivity index (χ3n) is 3.92. The number of nitrogens with zero attached hydrogens (tertiary/aromatic N) is 1. The zero-order chi connectivity index (χ0) is 14.0. The van der Waals surface area contributed by atoms with Crippen LogP contribution in [0, 0.1) is 5.92 Å². The molecule has 1 heterocycles. The molecule has 0 saturated carbocycles. The van der Waals surface area contributed by atoms with Gasteiger partial charge in [0.15, 0.2) is 0 Å². The predicted octanol–water partition coefficient (Wildman–Crippen LogP) is 2.78. The lowest BCUT2D eigenvalue weighted by atomic mass is 9.98. The average molecular weight is 276 g/mol. The van der Waals surface area contributed by atoms with Gasteiger partial charge in [-0.25, -0.2) is 0 Å². The van der Waals surface area contributed by atoms with Crippen molar-refractivity contribution < 1.29 is 4.74 Å². The maximum Gasteiger partial charge on any atom is 0.119 e. The third-order valence-corrected chi connectivity index (χ3v) is 3.92. The van der Waals surface area contributed by atoms with E-state index in [4.69, 9.17) is 4.74 Å². The van der Waals surface area contributed by atoms with Crippen molar-refractivity contribution in [2.75, 3.05) is 39.3 Å². The second-order valence-corrected chi connectivity index (χ2v) is 5.63. The normalized spacial score (nSPS) is 19.9. The molecule has 112 valence electrons. The number of piperidine rings is 1. The predicted molar refractivity (Wildman–Crippen MR) is 84.3 cm³/mol. The molecular formula is C17H28N2O. The summed E-state index contributed by atoms with van der Waals surface area (Å²) >= 11 is 0. The van der Waals surface area contributed by atoms with Crippen LogP contribution in [0.25, 0.3) is 0 Å². The van der Waals surface area contributed by atoms with Gasteiger partial charge in [0.2, 0.25) is 0 Å². The summed E-state index contributed by atoms with van der Waals surface area (Å²) in [7, 11) is 0. The maximum atomic E-state index is 5.75. The molecule has 1 saturated heterocycles. The number of likely N-dealkylation sites (tertiary alicyclic amines) is 1. The lowest BCUT2D eigenvalue weighted by molar-refractivity contribution is 0.161. The van der Waals surface area contributed by atoms with E-state index in [0.717, 1.165) is 37.8 Å². The van der Waals surface area contributed by atoms with Gasteiger partial charge in [0.25, 0.3) is 0 Å². The first-order chi connectivity index (χ1) is 9.88. The first-order valence-corrected chi connectivity index (χ1v) is 7.99. The quantitative estimate of drug-likeness (QED) is 0.739. The van der Waals surface area contributed by atoms with E-state index in [1.54, 1.807) is 0 Å². The Kier molecular flexibility index (Phi) is 6.89. The van der Waals surface area contributed by atoms with Crippen molar-refractivity contribution in [2.45, 2.75) is 26.2 Å². The van der Waals surface area contributed by atoms with Crippen LogP contribution in [-0.2, 0) is 0 Å². The molecule has 0 bridgehead atoms. The standard InChI is InChI=1S/C17H28N2O/c1-2-18-14-16-8-6-11-19(15-16)12-7-13-20-17-9-4-3-5-10-17/h3-5,9-10,16,18H,2,6-8,11-15H2,1H3. The molecule has 3 heteroatoms. The number of benzene rings is 1. The fraction of sp³-hybridized carbons (Fsp3) is 0.647. The summed E-state index contributed by atoms with van der Waals surface area (Å²) in [6, 6.07) is 10.1. The number of para-hydroxylation sites is 1. The Morgan fingerprint density at radius 2 is 2.15 bits per heavy atom. The molecule has 1 aliphatic rings. The molecule has 1 aromatic rings. The van der Waals surface area contributed by atoms with E-state index >= 15 is 0 Å². The van der Waals surface area contributed by atoms with E-state index in [2.05, 4.69) is 17.1 Å². The van der Waals surface area contributed by atoms with Crippen LogP contribution in [0.15, 0.2) is 30.3 Å². The minimum absolute atomic E-state index is 0.818. The van der Waals surface area contributed by atoms with E-state index in [0.29, 0.717) is 0 Å². The zero-order valence-electron chi connectivity index (χ0n) is 12.7. The summed E-state index contributed by atoms with van der Waals surface area (Å²) in [5.41, 5.74) is 0. The van der Waals surface area contributed by atoms with Gasteiger partial charge < -0.3 is 15.0 Å². The first-order valence-electron chi connectivity index (χ1n) is 7.99. The topological polar surface area (TPSA) is 24.5 Å². The highest BCUT2D eigenvalue weighted by atomic mass is 16.5. The van der Waals surface area contributed by atoms with Crippen LogP contribution in [0.3, 0.4) is 0 Å². The zero-order valence-corrected chi connectivity index (χ0v) is 12.7. The molecule has 1 atom stereocenters. The van der Waals surface area contributed by atoms with Crippen LogP contribution in [0.5, 0.6) is 5.75 Å². The van der Waals surface area contributed by atoms with Crippen molar-refractivity contribution in [3.63, 3.8) is 0 Å². The van der Waals surface area contributed by atoms with Crippen molar-refractivity contribution >= 4 is 0 Å². The number of ether oxygens (including phenoxy) is 1. The summed E-state index contributed by atoms with van der Waals surface area (Å²) in [5, 5.41) is 3.48. The fourth-order valence-electron chi connectivity index (χ4n) is 2.86. The van der Waals surface area contributed by atoms with E-state index in [-0.39, 0.29) is 0 Å². The summed E-state index contributed by atoms with van der Waals surface area (Å²) in [4.78, 5) is 2.60. The second-order valence-electron chi connectivity index (χ2n) is 5.63. The van der Waals surface area contributed by atoms with E-state index in [9.17, 15) is 0 Å². The summed E-state index contributed by atoms with van der Waals surface area (Å²) in [6.45, 7) is 8.93. The monoisotopic (exact) mass is 276 g/mol. The third kappa shape index (κ3) is 5.51. The summed E-state index contributed by atoms with van der Waals surface area (Å²) in [6.07, 6.45) is 3.84. The van der Waals surface area contributed by atoms with Gasteiger partial charge in [-0.1, -0.05) is 25.1 Å². The lowest BCUT2D eigenvalue weighted by Crippen LogP contribution is -2.40. The molecule has 0 aliphatic carbocycles. The molecule has 1 fully saturated rings. The van der Waals surface area contributed by atoms with Crippen molar-refractivity contribution in [1.82, 2.24) is 10.2 Å².